The van der Waals surface area contributed by atoms with Crippen LogP contribution in [-0.4, -0.2) is 16.6 Å². The SMILES string of the molecule is C/C(=N\NC(=O)C1CCCCC1)c1ccncc1. The first-order valence-electron chi connectivity index (χ1n) is 6.52. The quantitative estimate of drug-likeness (QED) is 0.657. The highest BCUT2D eigenvalue weighted by Crippen LogP contribution is 2.23. The molecule has 0 unspecified atom stereocenters. The zero-order valence-electron chi connectivity index (χ0n) is 10.7. The van der Waals surface area contributed by atoms with Crippen molar-refractivity contribution in [3.63, 3.8) is 0 Å². The van der Waals surface area contributed by atoms with Crippen molar-refractivity contribution in [2.75, 3.05) is 0 Å². The van der Waals surface area contributed by atoms with Gasteiger partial charge in [-0.25, -0.2) is 5.43 Å². The molecular formula is C14H19N3O. The van der Waals surface area contributed by atoms with Gasteiger partial charge < -0.3 is 0 Å². The molecule has 1 heterocycles. The fourth-order valence-corrected chi connectivity index (χ4v) is 2.25. The van der Waals surface area contributed by atoms with Gasteiger partial charge in [0, 0.05) is 23.9 Å². The lowest BCUT2D eigenvalue weighted by atomic mass is 9.89. The van der Waals surface area contributed by atoms with Gasteiger partial charge in [0.2, 0.25) is 5.91 Å². The molecule has 1 aliphatic rings. The van der Waals surface area contributed by atoms with E-state index >= 15 is 0 Å². The standard InChI is InChI=1S/C14H19N3O/c1-11(12-7-9-15-10-8-12)16-17-14(18)13-5-3-2-4-6-13/h7-10,13H,2-6H2,1H3,(H,17,18)/b16-11+. The smallest absolute Gasteiger partial charge is 0.243 e. The molecule has 0 spiro atoms. The third kappa shape index (κ3) is 3.39. The van der Waals surface area contributed by atoms with Crippen molar-refractivity contribution in [2.45, 2.75) is 39.0 Å². The van der Waals surface area contributed by atoms with Crippen LogP contribution in [-0.2, 0) is 4.79 Å². The van der Waals surface area contributed by atoms with Crippen LogP contribution in [0.2, 0.25) is 0 Å². The van der Waals surface area contributed by atoms with E-state index in [2.05, 4.69) is 15.5 Å². The van der Waals surface area contributed by atoms with Crippen LogP contribution in [0.3, 0.4) is 0 Å². The van der Waals surface area contributed by atoms with E-state index in [1.807, 2.05) is 19.1 Å². The van der Waals surface area contributed by atoms with Gasteiger partial charge in [0.25, 0.3) is 0 Å². The van der Waals surface area contributed by atoms with Crippen molar-refractivity contribution in [3.8, 4) is 0 Å². The lowest BCUT2D eigenvalue weighted by Crippen LogP contribution is -2.29. The zero-order chi connectivity index (χ0) is 12.8. The Labute approximate surface area is 108 Å². The van der Waals surface area contributed by atoms with Crippen LogP contribution in [0.25, 0.3) is 0 Å². The number of amides is 1. The molecule has 1 N–H and O–H groups in total. The molecule has 1 aromatic rings. The van der Waals surface area contributed by atoms with E-state index in [4.69, 9.17) is 0 Å². The monoisotopic (exact) mass is 245 g/mol. The molecule has 1 aromatic heterocycles. The predicted molar refractivity (Wildman–Crippen MR) is 71.2 cm³/mol. The van der Waals surface area contributed by atoms with Crippen LogP contribution in [0, 0.1) is 5.92 Å². The van der Waals surface area contributed by atoms with Crippen LogP contribution in [0.15, 0.2) is 29.6 Å². The number of nitrogens with zero attached hydrogens (tertiary/aromatic N) is 2. The average Bonchev–Trinajstić information content (AvgIpc) is 2.46. The van der Waals surface area contributed by atoms with Crippen molar-refractivity contribution in [3.05, 3.63) is 30.1 Å². The number of carbonyl (C=O) groups excluding carboxylic acids is 1. The summed E-state index contributed by atoms with van der Waals surface area (Å²) in [5, 5.41) is 4.16. The van der Waals surface area contributed by atoms with Crippen LogP contribution < -0.4 is 5.43 Å². The topological polar surface area (TPSA) is 54.4 Å². The molecule has 0 bridgehead atoms. The molecule has 0 atom stereocenters. The van der Waals surface area contributed by atoms with Gasteiger partial charge >= 0.3 is 0 Å². The number of rotatable bonds is 3. The molecule has 0 aliphatic heterocycles. The van der Waals surface area contributed by atoms with Crippen molar-refractivity contribution in [1.29, 1.82) is 0 Å². The highest BCUT2D eigenvalue weighted by molar-refractivity contribution is 5.99. The van der Waals surface area contributed by atoms with Gasteiger partial charge in [-0.3, -0.25) is 9.78 Å². The van der Waals surface area contributed by atoms with E-state index < -0.39 is 0 Å². The van der Waals surface area contributed by atoms with E-state index in [1.54, 1.807) is 12.4 Å². The molecule has 0 aromatic carbocycles. The number of carbonyl (C=O) groups is 1. The zero-order valence-corrected chi connectivity index (χ0v) is 10.7. The summed E-state index contributed by atoms with van der Waals surface area (Å²) >= 11 is 0. The number of hydrazone groups is 1. The van der Waals surface area contributed by atoms with Gasteiger partial charge in [-0.1, -0.05) is 19.3 Å². The molecule has 1 amide bonds. The minimum Gasteiger partial charge on any atom is -0.273 e. The summed E-state index contributed by atoms with van der Waals surface area (Å²) in [5.74, 6) is 0.204. The predicted octanol–water partition coefficient (Wildman–Crippen LogP) is 2.50. The lowest BCUT2D eigenvalue weighted by molar-refractivity contribution is -0.125. The summed E-state index contributed by atoms with van der Waals surface area (Å²) in [4.78, 5) is 15.9. The molecule has 0 radical (unpaired) electrons. The minimum atomic E-state index is 0.0584. The van der Waals surface area contributed by atoms with E-state index in [0.717, 1.165) is 37.0 Å². The Morgan fingerprint density at radius 1 is 1.28 bits per heavy atom. The summed E-state index contributed by atoms with van der Waals surface area (Å²) in [6.07, 6.45) is 9.00. The first kappa shape index (κ1) is 12.7. The maximum Gasteiger partial charge on any atom is 0.243 e. The molecule has 4 nitrogen and oxygen atoms in total. The van der Waals surface area contributed by atoms with Crippen LogP contribution >= 0.6 is 0 Å². The fraction of sp³-hybridized carbons (Fsp3) is 0.500. The summed E-state index contributed by atoms with van der Waals surface area (Å²) in [7, 11) is 0. The first-order valence-corrected chi connectivity index (χ1v) is 6.52. The van der Waals surface area contributed by atoms with Gasteiger partial charge in [-0.15, -0.1) is 0 Å². The maximum absolute atomic E-state index is 11.9. The molecule has 18 heavy (non-hydrogen) atoms. The Balaban J connectivity index is 1.91. The molecule has 1 aliphatic carbocycles. The Bertz CT molecular complexity index is 422. The number of nitrogens with one attached hydrogen (secondary N) is 1. The third-order valence-corrected chi connectivity index (χ3v) is 3.41. The minimum absolute atomic E-state index is 0.0584. The molecule has 1 saturated carbocycles. The summed E-state index contributed by atoms with van der Waals surface area (Å²) < 4.78 is 0. The number of hydrogen-bond acceptors (Lipinski definition) is 3. The second-order valence-electron chi connectivity index (χ2n) is 4.74. The van der Waals surface area contributed by atoms with E-state index in [9.17, 15) is 4.79 Å². The highest BCUT2D eigenvalue weighted by atomic mass is 16.2. The normalized spacial score (nSPS) is 17.5. The van der Waals surface area contributed by atoms with Crippen LogP contribution in [0.4, 0.5) is 0 Å². The molecule has 4 heteroatoms. The summed E-state index contributed by atoms with van der Waals surface area (Å²) in [5.41, 5.74) is 4.47. The highest BCUT2D eigenvalue weighted by Gasteiger charge is 2.20. The molecule has 1 fully saturated rings. The maximum atomic E-state index is 11.9. The Morgan fingerprint density at radius 3 is 2.61 bits per heavy atom. The summed E-state index contributed by atoms with van der Waals surface area (Å²) in [6.45, 7) is 1.89. The molecule has 2 rings (SSSR count). The van der Waals surface area contributed by atoms with Crippen molar-refractivity contribution < 1.29 is 4.79 Å². The van der Waals surface area contributed by atoms with Gasteiger partial charge in [0.15, 0.2) is 0 Å². The van der Waals surface area contributed by atoms with Crippen molar-refractivity contribution >= 4 is 11.6 Å². The summed E-state index contributed by atoms with van der Waals surface area (Å²) in [6, 6.07) is 3.76. The second-order valence-corrected chi connectivity index (χ2v) is 4.74. The van der Waals surface area contributed by atoms with Gasteiger partial charge in [-0.05, 0) is 31.9 Å². The third-order valence-electron chi connectivity index (χ3n) is 3.41. The number of pyridine rings is 1. The van der Waals surface area contributed by atoms with E-state index in [1.165, 1.54) is 6.42 Å². The second kappa shape index (κ2) is 6.28. The Hall–Kier alpha value is -1.71. The van der Waals surface area contributed by atoms with Crippen LogP contribution in [0.1, 0.15) is 44.6 Å². The van der Waals surface area contributed by atoms with Gasteiger partial charge in [-0.2, -0.15) is 5.10 Å². The molecular weight excluding hydrogens is 226 g/mol. The fourth-order valence-electron chi connectivity index (χ4n) is 2.25. The number of aromatic nitrogens is 1. The van der Waals surface area contributed by atoms with Crippen molar-refractivity contribution in [1.82, 2.24) is 10.4 Å². The first-order chi connectivity index (χ1) is 8.77. The average molecular weight is 245 g/mol. The Morgan fingerprint density at radius 2 is 1.94 bits per heavy atom. The van der Waals surface area contributed by atoms with E-state index in [-0.39, 0.29) is 11.8 Å². The lowest BCUT2D eigenvalue weighted by Gasteiger charge is -2.19. The molecule has 96 valence electrons. The molecule has 0 saturated heterocycles. The van der Waals surface area contributed by atoms with Crippen LogP contribution in [0.5, 0.6) is 0 Å². The largest absolute Gasteiger partial charge is 0.273 e. The van der Waals surface area contributed by atoms with Gasteiger partial charge in [0.05, 0.1) is 5.71 Å². The van der Waals surface area contributed by atoms with E-state index in [0.29, 0.717) is 0 Å². The Kier molecular flexibility index (Phi) is 4.45. The van der Waals surface area contributed by atoms with Crippen molar-refractivity contribution in [2.24, 2.45) is 11.0 Å². The number of hydrogen-bond donors (Lipinski definition) is 1. The van der Waals surface area contributed by atoms with Gasteiger partial charge in [0.1, 0.15) is 0 Å².